The van der Waals surface area contributed by atoms with Gasteiger partial charge in [0.2, 0.25) is 11.8 Å². The second-order valence-electron chi connectivity index (χ2n) is 7.90. The number of nitrogens with two attached hydrogens (primary N) is 1. The fourth-order valence-corrected chi connectivity index (χ4v) is 3.93. The molecule has 0 aromatic heterocycles. The summed E-state index contributed by atoms with van der Waals surface area (Å²) in [4.78, 5) is 26.6. The van der Waals surface area contributed by atoms with E-state index in [1.54, 1.807) is 0 Å². The lowest BCUT2D eigenvalue weighted by atomic mass is 10.00. The maximum atomic E-state index is 13.0. The number of carbonyl (C=O) groups is 2. The van der Waals surface area contributed by atoms with E-state index >= 15 is 0 Å². The van der Waals surface area contributed by atoms with Gasteiger partial charge in [0, 0.05) is 38.0 Å². The van der Waals surface area contributed by atoms with Gasteiger partial charge in [0.15, 0.2) is 0 Å². The number of likely N-dealkylation sites (tertiary alicyclic amines) is 1. The molecule has 1 aliphatic heterocycles. The Labute approximate surface area is 146 Å². The molecule has 1 atom stereocenters. The van der Waals surface area contributed by atoms with E-state index in [9.17, 15) is 9.59 Å². The third-order valence-corrected chi connectivity index (χ3v) is 6.08. The topological polar surface area (TPSA) is 75.4 Å². The van der Waals surface area contributed by atoms with Crippen LogP contribution < -0.4 is 11.1 Å². The van der Waals surface area contributed by atoms with Gasteiger partial charge in [0.05, 0.1) is 0 Å². The largest absolute Gasteiger partial charge is 0.354 e. The Kier molecular flexibility index (Phi) is 6.50. The van der Waals surface area contributed by atoms with Gasteiger partial charge in [-0.15, -0.1) is 12.4 Å². The van der Waals surface area contributed by atoms with Crippen LogP contribution >= 0.6 is 12.4 Å². The van der Waals surface area contributed by atoms with E-state index < -0.39 is 0 Å². The first-order valence-corrected chi connectivity index (χ1v) is 8.50. The number of nitrogens with zero attached hydrogens (tertiary/aromatic N) is 1. The van der Waals surface area contributed by atoms with Crippen LogP contribution in [-0.4, -0.2) is 42.4 Å². The van der Waals surface area contributed by atoms with Gasteiger partial charge in [-0.05, 0) is 30.1 Å². The van der Waals surface area contributed by atoms with Crippen LogP contribution in [0.15, 0.2) is 0 Å². The molecule has 5 nitrogen and oxygen atoms in total. The van der Waals surface area contributed by atoms with Crippen LogP contribution in [-0.2, 0) is 9.59 Å². The van der Waals surface area contributed by atoms with Crippen molar-refractivity contribution in [2.75, 3.05) is 19.6 Å². The molecule has 2 rings (SSSR count). The average Bonchev–Trinajstić information content (AvgIpc) is 2.86. The van der Waals surface area contributed by atoms with Crippen molar-refractivity contribution in [3.63, 3.8) is 0 Å². The molecule has 0 aromatic rings. The molecule has 3 N–H and O–H groups in total. The Hall–Kier alpha value is -0.810. The van der Waals surface area contributed by atoms with Crippen molar-refractivity contribution < 1.29 is 9.59 Å². The van der Waals surface area contributed by atoms with Gasteiger partial charge in [-0.3, -0.25) is 9.59 Å². The van der Waals surface area contributed by atoms with Crippen molar-refractivity contribution >= 4 is 24.2 Å². The lowest BCUT2D eigenvalue weighted by Gasteiger charge is -2.36. The van der Waals surface area contributed by atoms with E-state index in [4.69, 9.17) is 5.73 Å². The summed E-state index contributed by atoms with van der Waals surface area (Å²) in [5.74, 6) is 0.348. The van der Waals surface area contributed by atoms with Crippen molar-refractivity contribution in [1.82, 2.24) is 10.2 Å². The fourth-order valence-electron chi connectivity index (χ4n) is 3.93. The number of halogens is 1. The van der Waals surface area contributed by atoms with Crippen molar-refractivity contribution in [1.29, 1.82) is 0 Å². The zero-order valence-corrected chi connectivity index (χ0v) is 15.7. The SMILES string of the molecule is CC1(C)C(C(=O)N2CCCCC2CNC(=O)CCN)C1(C)C.Cl. The number of hydrogen-bond acceptors (Lipinski definition) is 3. The van der Waals surface area contributed by atoms with E-state index in [0.717, 1.165) is 25.8 Å². The van der Waals surface area contributed by atoms with E-state index in [1.165, 1.54) is 0 Å². The summed E-state index contributed by atoms with van der Waals surface area (Å²) in [5.41, 5.74) is 5.52. The Morgan fingerprint density at radius 1 is 1.17 bits per heavy atom. The molecule has 23 heavy (non-hydrogen) atoms. The van der Waals surface area contributed by atoms with Gasteiger partial charge in [-0.1, -0.05) is 27.7 Å². The fraction of sp³-hybridized carbons (Fsp3) is 0.882. The zero-order valence-electron chi connectivity index (χ0n) is 14.9. The summed E-state index contributed by atoms with van der Waals surface area (Å²) in [6.45, 7) is 10.4. The molecule has 2 fully saturated rings. The van der Waals surface area contributed by atoms with Crippen molar-refractivity contribution in [2.24, 2.45) is 22.5 Å². The normalized spacial score (nSPS) is 25.4. The minimum atomic E-state index is -0.0208. The number of carbonyl (C=O) groups excluding carboxylic acids is 2. The zero-order chi connectivity index (χ0) is 16.5. The smallest absolute Gasteiger partial charge is 0.227 e. The molecule has 1 unspecified atom stereocenters. The highest BCUT2D eigenvalue weighted by atomic mass is 35.5. The Balaban J connectivity index is 0.00000264. The molecule has 1 saturated heterocycles. The van der Waals surface area contributed by atoms with Crippen LogP contribution in [0.4, 0.5) is 0 Å². The minimum absolute atomic E-state index is 0. The third-order valence-electron chi connectivity index (χ3n) is 6.08. The van der Waals surface area contributed by atoms with Gasteiger partial charge in [0.25, 0.3) is 0 Å². The number of piperidine rings is 1. The highest BCUT2D eigenvalue weighted by Crippen LogP contribution is 2.68. The molecule has 2 aliphatic rings. The molecule has 1 saturated carbocycles. The second kappa shape index (κ2) is 7.39. The van der Waals surface area contributed by atoms with Crippen molar-refractivity contribution in [3.05, 3.63) is 0 Å². The lowest BCUT2D eigenvalue weighted by molar-refractivity contribution is -0.138. The number of hydrogen-bond donors (Lipinski definition) is 2. The quantitative estimate of drug-likeness (QED) is 0.799. The predicted molar refractivity (Wildman–Crippen MR) is 94.3 cm³/mol. The van der Waals surface area contributed by atoms with Crippen molar-refractivity contribution in [3.8, 4) is 0 Å². The number of rotatable bonds is 5. The number of amides is 2. The Morgan fingerprint density at radius 3 is 2.30 bits per heavy atom. The van der Waals surface area contributed by atoms with E-state index in [1.807, 2.05) is 4.90 Å². The third kappa shape index (κ3) is 3.82. The standard InChI is InChI=1S/C17H31N3O2.ClH/c1-16(2)14(17(16,3)4)15(22)20-10-6-5-7-12(20)11-19-13(21)8-9-18;/h12,14H,5-11,18H2,1-4H3,(H,19,21);1H. The molecule has 1 aliphatic carbocycles. The highest BCUT2D eigenvalue weighted by molar-refractivity contribution is 5.85. The van der Waals surface area contributed by atoms with Crippen LogP contribution in [0, 0.1) is 16.7 Å². The molecule has 0 spiro atoms. The monoisotopic (exact) mass is 345 g/mol. The first-order chi connectivity index (χ1) is 10.2. The van der Waals surface area contributed by atoms with E-state index in [0.29, 0.717) is 19.5 Å². The Bertz CT molecular complexity index is 437. The minimum Gasteiger partial charge on any atom is -0.354 e. The maximum Gasteiger partial charge on any atom is 0.227 e. The maximum absolute atomic E-state index is 13.0. The Morgan fingerprint density at radius 2 is 1.78 bits per heavy atom. The van der Waals surface area contributed by atoms with Crippen LogP contribution in [0.1, 0.15) is 53.4 Å². The molecule has 134 valence electrons. The summed E-state index contributed by atoms with van der Waals surface area (Å²) in [6.07, 6.45) is 3.51. The van der Waals surface area contributed by atoms with Crippen LogP contribution in [0.2, 0.25) is 0 Å². The van der Waals surface area contributed by atoms with Gasteiger partial charge < -0.3 is 16.0 Å². The molecule has 0 radical (unpaired) electrons. The van der Waals surface area contributed by atoms with Gasteiger partial charge in [0.1, 0.15) is 0 Å². The first-order valence-electron chi connectivity index (χ1n) is 8.50. The molecule has 0 aromatic carbocycles. The molecule has 2 amide bonds. The molecular weight excluding hydrogens is 314 g/mol. The number of nitrogens with one attached hydrogen (secondary N) is 1. The molecule has 6 heteroatoms. The van der Waals surface area contributed by atoms with Gasteiger partial charge in [-0.2, -0.15) is 0 Å². The summed E-state index contributed by atoms with van der Waals surface area (Å²) >= 11 is 0. The second-order valence-corrected chi connectivity index (χ2v) is 7.90. The van der Waals surface area contributed by atoms with Crippen molar-refractivity contribution in [2.45, 2.75) is 59.4 Å². The van der Waals surface area contributed by atoms with E-state index in [2.05, 4.69) is 33.0 Å². The van der Waals surface area contributed by atoms with Crippen LogP contribution in [0.3, 0.4) is 0 Å². The molecule has 1 heterocycles. The highest BCUT2D eigenvalue weighted by Gasteiger charge is 2.69. The van der Waals surface area contributed by atoms with Crippen LogP contribution in [0.25, 0.3) is 0 Å². The van der Waals surface area contributed by atoms with Crippen LogP contribution in [0.5, 0.6) is 0 Å². The van der Waals surface area contributed by atoms with E-state index in [-0.39, 0.29) is 47.0 Å². The summed E-state index contributed by atoms with van der Waals surface area (Å²) in [5, 5.41) is 2.93. The van der Waals surface area contributed by atoms with Gasteiger partial charge in [-0.25, -0.2) is 0 Å². The predicted octanol–water partition coefficient (Wildman–Crippen LogP) is 1.94. The summed E-state index contributed by atoms with van der Waals surface area (Å²) < 4.78 is 0. The lowest BCUT2D eigenvalue weighted by Crippen LogP contribution is -2.50. The first kappa shape index (κ1) is 20.2. The summed E-state index contributed by atoms with van der Waals surface area (Å²) in [6, 6.07) is 0.134. The summed E-state index contributed by atoms with van der Waals surface area (Å²) in [7, 11) is 0. The molecular formula is C17H32ClN3O2. The molecule has 0 bridgehead atoms. The van der Waals surface area contributed by atoms with Gasteiger partial charge >= 0.3 is 0 Å². The average molecular weight is 346 g/mol.